The van der Waals surface area contributed by atoms with Gasteiger partial charge in [-0.2, -0.15) is 0 Å². The van der Waals surface area contributed by atoms with Crippen molar-refractivity contribution in [1.82, 2.24) is 4.57 Å². The topological polar surface area (TPSA) is 25.2 Å². The van der Waals surface area contributed by atoms with Gasteiger partial charge < -0.3 is 9.47 Å². The number of amides is 1. The zero-order chi connectivity index (χ0) is 12.7. The van der Waals surface area contributed by atoms with E-state index in [1.165, 1.54) is 16.5 Å². The van der Waals surface area contributed by atoms with Crippen LogP contribution in [0, 0.1) is 0 Å². The molecule has 0 saturated heterocycles. The molecule has 0 spiro atoms. The fourth-order valence-electron chi connectivity index (χ4n) is 2.85. The Bertz CT molecular complexity index is 612. The first-order valence-corrected chi connectivity index (χ1v) is 6.59. The van der Waals surface area contributed by atoms with Gasteiger partial charge in [0.05, 0.1) is 11.2 Å². The van der Waals surface area contributed by atoms with Crippen LogP contribution in [0.15, 0.2) is 24.4 Å². The highest BCUT2D eigenvalue weighted by Crippen LogP contribution is 2.32. The van der Waals surface area contributed by atoms with Gasteiger partial charge in [-0.05, 0) is 24.5 Å². The quantitative estimate of drug-likeness (QED) is 0.754. The van der Waals surface area contributed by atoms with Crippen LogP contribution in [-0.2, 0) is 17.8 Å². The van der Waals surface area contributed by atoms with Crippen LogP contribution in [0.2, 0.25) is 0 Å². The van der Waals surface area contributed by atoms with Crippen LogP contribution in [-0.4, -0.2) is 17.5 Å². The monoisotopic (exact) mass is 242 g/mol. The molecule has 3 heteroatoms. The van der Waals surface area contributed by atoms with Crippen LogP contribution < -0.4 is 4.90 Å². The number of aromatic nitrogens is 1. The Kier molecular flexibility index (Phi) is 2.62. The van der Waals surface area contributed by atoms with Gasteiger partial charge in [-0.3, -0.25) is 4.79 Å². The summed E-state index contributed by atoms with van der Waals surface area (Å²) in [5.74, 6) is 0.216. The molecule has 1 aliphatic heterocycles. The largest absolute Gasteiger partial charge is 0.345 e. The van der Waals surface area contributed by atoms with Crippen molar-refractivity contribution in [1.29, 1.82) is 0 Å². The maximum absolute atomic E-state index is 12.0. The molecule has 3 rings (SSSR count). The van der Waals surface area contributed by atoms with E-state index in [0.29, 0.717) is 6.42 Å². The molecule has 1 aromatic heterocycles. The van der Waals surface area contributed by atoms with Gasteiger partial charge >= 0.3 is 0 Å². The molecule has 3 nitrogen and oxygen atoms in total. The third-order valence-electron chi connectivity index (χ3n) is 3.87. The molecular weight excluding hydrogens is 224 g/mol. The summed E-state index contributed by atoms with van der Waals surface area (Å²) in [6.07, 6.45) is 4.83. The molecule has 1 aliphatic rings. The number of carbonyl (C=O) groups excluding carboxylic acids is 1. The first kappa shape index (κ1) is 11.3. The number of aryl methyl sites for hydroxylation is 2. The van der Waals surface area contributed by atoms with E-state index in [1.807, 2.05) is 19.2 Å². The maximum atomic E-state index is 12.0. The minimum Gasteiger partial charge on any atom is -0.345 e. The van der Waals surface area contributed by atoms with Crippen LogP contribution in [0.3, 0.4) is 0 Å². The Morgan fingerprint density at radius 2 is 2.17 bits per heavy atom. The van der Waals surface area contributed by atoms with E-state index < -0.39 is 0 Å². The second kappa shape index (κ2) is 4.16. The highest BCUT2D eigenvalue weighted by molar-refractivity contribution is 6.03. The van der Waals surface area contributed by atoms with Crippen LogP contribution >= 0.6 is 0 Å². The number of para-hydroxylation sites is 1. The molecule has 0 radical (unpaired) electrons. The Labute approximate surface area is 107 Å². The predicted octanol–water partition coefficient (Wildman–Crippen LogP) is 2.96. The summed E-state index contributed by atoms with van der Waals surface area (Å²) in [7, 11) is 1.88. The van der Waals surface area contributed by atoms with Gasteiger partial charge in [0.25, 0.3) is 0 Å². The van der Waals surface area contributed by atoms with E-state index >= 15 is 0 Å². The van der Waals surface area contributed by atoms with Crippen LogP contribution in [0.4, 0.5) is 5.69 Å². The normalized spacial score (nSPS) is 15.9. The van der Waals surface area contributed by atoms with Crippen LogP contribution in [0.25, 0.3) is 10.9 Å². The molecule has 0 aliphatic carbocycles. The molecule has 2 heterocycles. The second-order valence-electron chi connectivity index (χ2n) is 4.93. The zero-order valence-corrected chi connectivity index (χ0v) is 10.9. The summed E-state index contributed by atoms with van der Waals surface area (Å²) in [5.41, 5.74) is 3.62. The lowest BCUT2D eigenvalue weighted by molar-refractivity contribution is -0.118. The molecule has 1 amide bonds. The summed E-state index contributed by atoms with van der Waals surface area (Å²) < 4.78 is 2.31. The number of carbonyl (C=O) groups is 1. The molecule has 0 bridgehead atoms. The van der Waals surface area contributed by atoms with Crippen molar-refractivity contribution >= 4 is 22.5 Å². The van der Waals surface area contributed by atoms with E-state index in [2.05, 4.69) is 23.8 Å². The smallest absolute Gasteiger partial charge is 0.226 e. The van der Waals surface area contributed by atoms with Gasteiger partial charge in [0.2, 0.25) is 5.91 Å². The zero-order valence-electron chi connectivity index (χ0n) is 10.9. The Balaban J connectivity index is 2.33. The van der Waals surface area contributed by atoms with E-state index in [-0.39, 0.29) is 5.91 Å². The minimum absolute atomic E-state index is 0.216. The van der Waals surface area contributed by atoms with Crippen molar-refractivity contribution in [3.05, 3.63) is 30.0 Å². The first-order chi connectivity index (χ1) is 8.72. The van der Waals surface area contributed by atoms with Gasteiger partial charge in [-0.15, -0.1) is 0 Å². The molecule has 2 aromatic rings. The van der Waals surface area contributed by atoms with Crippen molar-refractivity contribution < 1.29 is 4.79 Å². The minimum atomic E-state index is 0.216. The fourth-order valence-corrected chi connectivity index (χ4v) is 2.85. The summed E-state index contributed by atoms with van der Waals surface area (Å²) in [6, 6.07) is 6.25. The fraction of sp³-hybridized carbons (Fsp3) is 0.400. The van der Waals surface area contributed by atoms with Gasteiger partial charge in [-0.25, -0.2) is 0 Å². The lowest BCUT2D eigenvalue weighted by Crippen LogP contribution is -2.28. The van der Waals surface area contributed by atoms with Gasteiger partial charge in [0.15, 0.2) is 0 Å². The van der Waals surface area contributed by atoms with E-state index in [4.69, 9.17) is 0 Å². The van der Waals surface area contributed by atoms with E-state index in [1.54, 1.807) is 4.90 Å². The van der Waals surface area contributed by atoms with Gasteiger partial charge in [-0.1, -0.05) is 19.1 Å². The van der Waals surface area contributed by atoms with Crippen LogP contribution in [0.5, 0.6) is 0 Å². The SMILES string of the molecule is CCc1cn2c3c(cccc13)N(C)C(=O)CCC2. The van der Waals surface area contributed by atoms with Crippen molar-refractivity contribution in [2.45, 2.75) is 32.7 Å². The Hall–Kier alpha value is -1.77. The average Bonchev–Trinajstić information content (AvgIpc) is 2.75. The lowest BCUT2D eigenvalue weighted by Gasteiger charge is -2.22. The molecule has 0 atom stereocenters. The molecule has 0 unspecified atom stereocenters. The van der Waals surface area contributed by atoms with E-state index in [9.17, 15) is 4.79 Å². The summed E-state index contributed by atoms with van der Waals surface area (Å²) in [4.78, 5) is 13.8. The number of anilines is 1. The second-order valence-corrected chi connectivity index (χ2v) is 4.93. The van der Waals surface area contributed by atoms with Crippen molar-refractivity contribution in [3.63, 3.8) is 0 Å². The van der Waals surface area contributed by atoms with Crippen LogP contribution in [0.1, 0.15) is 25.3 Å². The Morgan fingerprint density at radius 1 is 1.33 bits per heavy atom. The molecule has 94 valence electrons. The third kappa shape index (κ3) is 1.54. The van der Waals surface area contributed by atoms with Gasteiger partial charge in [0.1, 0.15) is 0 Å². The number of nitrogens with zero attached hydrogens (tertiary/aromatic N) is 2. The number of rotatable bonds is 1. The summed E-state index contributed by atoms with van der Waals surface area (Å²) in [5, 5.41) is 1.29. The molecule has 18 heavy (non-hydrogen) atoms. The lowest BCUT2D eigenvalue weighted by atomic mass is 10.1. The number of benzene rings is 1. The average molecular weight is 242 g/mol. The molecule has 0 N–H and O–H groups in total. The van der Waals surface area contributed by atoms with E-state index in [0.717, 1.165) is 25.1 Å². The van der Waals surface area contributed by atoms with Gasteiger partial charge in [0, 0.05) is 31.6 Å². The summed E-state index contributed by atoms with van der Waals surface area (Å²) >= 11 is 0. The molecule has 0 fully saturated rings. The first-order valence-electron chi connectivity index (χ1n) is 6.59. The molecule has 1 aromatic carbocycles. The standard InChI is InChI=1S/C15H18N2O/c1-3-11-10-17-9-5-8-14(18)16(2)13-7-4-6-12(11)15(13)17/h4,6-7,10H,3,5,8-9H2,1-2H3. The highest BCUT2D eigenvalue weighted by atomic mass is 16.2. The van der Waals surface area contributed by atoms with Crippen molar-refractivity contribution in [3.8, 4) is 0 Å². The molecule has 0 saturated carbocycles. The highest BCUT2D eigenvalue weighted by Gasteiger charge is 2.20. The maximum Gasteiger partial charge on any atom is 0.226 e. The number of hydrogen-bond donors (Lipinski definition) is 0. The van der Waals surface area contributed by atoms with Crippen molar-refractivity contribution in [2.24, 2.45) is 0 Å². The predicted molar refractivity (Wildman–Crippen MR) is 74.0 cm³/mol. The third-order valence-corrected chi connectivity index (χ3v) is 3.87. The molecular formula is C15H18N2O. The van der Waals surface area contributed by atoms with Crippen molar-refractivity contribution in [2.75, 3.05) is 11.9 Å². The number of hydrogen-bond acceptors (Lipinski definition) is 1. The summed E-state index contributed by atoms with van der Waals surface area (Å²) in [6.45, 7) is 3.12. The Morgan fingerprint density at radius 3 is 2.94 bits per heavy atom.